The van der Waals surface area contributed by atoms with Crippen molar-refractivity contribution in [3.8, 4) is 5.69 Å². The number of nitrogens with zero attached hydrogens (tertiary/aromatic N) is 7. The lowest BCUT2D eigenvalue weighted by Crippen LogP contribution is -2.37. The van der Waals surface area contributed by atoms with Crippen LogP contribution in [-0.4, -0.2) is 60.7 Å². The SMILES string of the molecule is O=[N+]([O-])c1cccc2[nH]c(CNc3nc(N4CCOCC4)nc4c3ncn4-c3cccc(F)c3)nc12. The van der Waals surface area contributed by atoms with Crippen LogP contribution in [0, 0.1) is 15.9 Å². The van der Waals surface area contributed by atoms with Crippen molar-refractivity contribution in [3.05, 3.63) is 70.5 Å². The Morgan fingerprint density at radius 1 is 1.11 bits per heavy atom. The molecule has 36 heavy (non-hydrogen) atoms. The highest BCUT2D eigenvalue weighted by atomic mass is 19.1. The molecule has 4 heterocycles. The lowest BCUT2D eigenvalue weighted by molar-refractivity contribution is -0.383. The van der Waals surface area contributed by atoms with Gasteiger partial charge in [-0.05, 0) is 24.3 Å². The van der Waals surface area contributed by atoms with E-state index in [0.717, 1.165) is 0 Å². The number of hydrogen-bond donors (Lipinski definition) is 2. The number of fused-ring (bicyclic) bond motifs is 2. The number of aromatic amines is 1. The molecule has 2 aromatic carbocycles. The van der Waals surface area contributed by atoms with E-state index in [4.69, 9.17) is 14.7 Å². The fourth-order valence-electron chi connectivity index (χ4n) is 4.20. The molecule has 1 aliphatic rings. The number of nitrogens with one attached hydrogen (secondary N) is 2. The molecular weight excluding hydrogens is 469 g/mol. The molecule has 0 spiro atoms. The van der Waals surface area contributed by atoms with Crippen molar-refractivity contribution in [3.63, 3.8) is 0 Å². The maximum atomic E-state index is 13.9. The van der Waals surface area contributed by atoms with Crippen molar-refractivity contribution in [2.45, 2.75) is 6.54 Å². The number of imidazole rings is 2. The Morgan fingerprint density at radius 2 is 1.94 bits per heavy atom. The highest BCUT2D eigenvalue weighted by Crippen LogP contribution is 2.27. The second kappa shape index (κ2) is 8.85. The Balaban J connectivity index is 1.39. The van der Waals surface area contributed by atoms with Crippen LogP contribution in [0.4, 0.5) is 21.8 Å². The molecule has 1 aliphatic heterocycles. The van der Waals surface area contributed by atoms with Gasteiger partial charge in [-0.3, -0.25) is 14.7 Å². The Kier molecular flexibility index (Phi) is 5.37. The van der Waals surface area contributed by atoms with Gasteiger partial charge in [0, 0.05) is 19.2 Å². The molecule has 13 heteroatoms. The van der Waals surface area contributed by atoms with Crippen LogP contribution in [0.1, 0.15) is 5.82 Å². The quantitative estimate of drug-likeness (QED) is 0.272. The lowest BCUT2D eigenvalue weighted by atomic mass is 10.3. The highest BCUT2D eigenvalue weighted by molar-refractivity contribution is 5.86. The van der Waals surface area contributed by atoms with Gasteiger partial charge in [0.25, 0.3) is 5.69 Å². The first-order chi connectivity index (χ1) is 17.6. The zero-order chi connectivity index (χ0) is 24.6. The van der Waals surface area contributed by atoms with Crippen molar-refractivity contribution >= 4 is 39.7 Å². The third kappa shape index (κ3) is 3.94. The van der Waals surface area contributed by atoms with E-state index in [-0.39, 0.29) is 23.6 Å². The number of rotatable bonds is 6. The fraction of sp³-hybridized carbons (Fsp3) is 0.217. The summed E-state index contributed by atoms with van der Waals surface area (Å²) in [6.45, 7) is 2.60. The molecule has 0 unspecified atom stereocenters. The highest BCUT2D eigenvalue weighted by Gasteiger charge is 2.21. The molecule has 2 N–H and O–H groups in total. The number of non-ortho nitro benzene ring substituents is 1. The van der Waals surface area contributed by atoms with Crippen LogP contribution in [0.2, 0.25) is 0 Å². The molecule has 12 nitrogen and oxygen atoms in total. The van der Waals surface area contributed by atoms with Crippen LogP contribution in [0.25, 0.3) is 27.9 Å². The number of anilines is 2. The molecule has 0 saturated carbocycles. The molecule has 1 fully saturated rings. The number of ether oxygens (including phenoxy) is 1. The molecule has 5 aromatic rings. The summed E-state index contributed by atoms with van der Waals surface area (Å²) in [6.07, 6.45) is 1.58. The maximum Gasteiger partial charge on any atom is 0.297 e. The van der Waals surface area contributed by atoms with Crippen molar-refractivity contribution in [1.29, 1.82) is 0 Å². The summed E-state index contributed by atoms with van der Waals surface area (Å²) in [5.74, 6) is 1.09. The monoisotopic (exact) mass is 489 g/mol. The van der Waals surface area contributed by atoms with Gasteiger partial charge in [-0.25, -0.2) is 14.4 Å². The summed E-state index contributed by atoms with van der Waals surface area (Å²) in [6, 6.07) is 10.9. The summed E-state index contributed by atoms with van der Waals surface area (Å²) >= 11 is 0. The van der Waals surface area contributed by atoms with Gasteiger partial charge >= 0.3 is 0 Å². The average Bonchev–Trinajstić information content (AvgIpc) is 3.51. The summed E-state index contributed by atoms with van der Waals surface area (Å²) in [5.41, 5.74) is 2.38. The lowest BCUT2D eigenvalue weighted by Gasteiger charge is -2.27. The van der Waals surface area contributed by atoms with E-state index in [1.54, 1.807) is 35.2 Å². The molecule has 0 amide bonds. The molecule has 0 aliphatic carbocycles. The third-order valence-electron chi connectivity index (χ3n) is 5.93. The van der Waals surface area contributed by atoms with E-state index >= 15 is 0 Å². The molecule has 3 aromatic heterocycles. The minimum Gasteiger partial charge on any atom is -0.378 e. The summed E-state index contributed by atoms with van der Waals surface area (Å²) in [4.78, 5) is 34.4. The summed E-state index contributed by atoms with van der Waals surface area (Å²) < 4.78 is 21.1. The second-order valence-electron chi connectivity index (χ2n) is 8.21. The van der Waals surface area contributed by atoms with Crippen molar-refractivity contribution in [1.82, 2.24) is 29.5 Å². The Hall–Kier alpha value is -4.65. The van der Waals surface area contributed by atoms with Gasteiger partial charge < -0.3 is 19.9 Å². The van der Waals surface area contributed by atoms with E-state index in [0.29, 0.717) is 66.3 Å². The molecule has 0 bridgehead atoms. The molecule has 6 rings (SSSR count). The standard InChI is InChI=1S/C23H20FN9O3/c24-14-3-1-4-15(11-14)32-13-26-20-21(29-23(30-22(20)32)31-7-9-36-10-8-31)25-12-18-27-16-5-2-6-17(33(34)35)19(16)28-18/h1-6,11,13H,7-10,12H2,(H,27,28)(H,25,29,30). The van der Waals surface area contributed by atoms with Gasteiger partial charge in [0.1, 0.15) is 18.0 Å². The number of nitro benzene ring substituents is 1. The zero-order valence-corrected chi connectivity index (χ0v) is 18.9. The van der Waals surface area contributed by atoms with Gasteiger partial charge in [-0.15, -0.1) is 0 Å². The van der Waals surface area contributed by atoms with Gasteiger partial charge in [0.15, 0.2) is 22.5 Å². The number of benzene rings is 2. The molecule has 0 radical (unpaired) electrons. The predicted octanol–water partition coefficient (Wildman–Crippen LogP) is 3.19. The summed E-state index contributed by atoms with van der Waals surface area (Å²) in [7, 11) is 0. The van der Waals surface area contributed by atoms with Crippen LogP contribution in [0.3, 0.4) is 0 Å². The van der Waals surface area contributed by atoms with E-state index in [9.17, 15) is 14.5 Å². The van der Waals surface area contributed by atoms with E-state index in [1.165, 1.54) is 18.2 Å². The number of hydrogen-bond acceptors (Lipinski definition) is 9. The minimum absolute atomic E-state index is 0.0668. The van der Waals surface area contributed by atoms with Gasteiger partial charge in [-0.2, -0.15) is 9.97 Å². The number of para-hydroxylation sites is 1. The number of aromatic nitrogens is 6. The number of H-pyrrole nitrogens is 1. The first kappa shape index (κ1) is 21.9. The van der Waals surface area contributed by atoms with E-state index in [1.807, 2.05) is 4.90 Å². The molecule has 0 atom stereocenters. The van der Waals surface area contributed by atoms with Gasteiger partial charge in [0.05, 0.1) is 35.9 Å². The van der Waals surface area contributed by atoms with Crippen LogP contribution < -0.4 is 10.2 Å². The van der Waals surface area contributed by atoms with Crippen LogP contribution in [0.15, 0.2) is 48.8 Å². The Morgan fingerprint density at radius 3 is 2.75 bits per heavy atom. The van der Waals surface area contributed by atoms with Crippen molar-refractivity contribution in [2.24, 2.45) is 0 Å². The Bertz CT molecular complexity index is 1590. The first-order valence-corrected chi connectivity index (χ1v) is 11.3. The third-order valence-corrected chi connectivity index (χ3v) is 5.93. The zero-order valence-electron chi connectivity index (χ0n) is 18.9. The van der Waals surface area contributed by atoms with Gasteiger partial charge in [-0.1, -0.05) is 12.1 Å². The smallest absolute Gasteiger partial charge is 0.297 e. The predicted molar refractivity (Wildman–Crippen MR) is 130 cm³/mol. The Labute approximate surface area is 202 Å². The molecule has 182 valence electrons. The van der Waals surface area contributed by atoms with E-state index < -0.39 is 4.92 Å². The molecule has 1 saturated heterocycles. The first-order valence-electron chi connectivity index (χ1n) is 11.3. The largest absolute Gasteiger partial charge is 0.378 e. The normalized spacial score (nSPS) is 14.0. The van der Waals surface area contributed by atoms with Crippen LogP contribution in [0.5, 0.6) is 0 Å². The van der Waals surface area contributed by atoms with Gasteiger partial charge in [0.2, 0.25) is 5.95 Å². The second-order valence-corrected chi connectivity index (χ2v) is 8.21. The summed E-state index contributed by atoms with van der Waals surface area (Å²) in [5, 5.41) is 14.6. The van der Waals surface area contributed by atoms with E-state index in [2.05, 4.69) is 20.3 Å². The number of halogens is 1. The average molecular weight is 489 g/mol. The van der Waals surface area contributed by atoms with Crippen molar-refractivity contribution in [2.75, 3.05) is 36.5 Å². The van der Waals surface area contributed by atoms with Crippen LogP contribution >= 0.6 is 0 Å². The fourth-order valence-corrected chi connectivity index (χ4v) is 4.20. The maximum absolute atomic E-state index is 13.9. The molecular formula is C23H20FN9O3. The number of morpholine rings is 1. The van der Waals surface area contributed by atoms with Crippen molar-refractivity contribution < 1.29 is 14.1 Å². The minimum atomic E-state index is -0.456. The number of nitro groups is 1. The van der Waals surface area contributed by atoms with Crippen LogP contribution in [-0.2, 0) is 11.3 Å². The topological polar surface area (TPSA) is 140 Å².